The summed E-state index contributed by atoms with van der Waals surface area (Å²) in [5.74, 6) is 0.228. The topological polar surface area (TPSA) is 73.6 Å². The quantitative estimate of drug-likeness (QED) is 0.243. The Kier molecular flexibility index (Phi) is 6.07. The van der Waals surface area contributed by atoms with Crippen LogP contribution in [0.1, 0.15) is 20.8 Å². The van der Waals surface area contributed by atoms with Crippen LogP contribution < -0.4 is 4.74 Å². The van der Waals surface area contributed by atoms with Gasteiger partial charge in [-0.2, -0.15) is 0 Å². The van der Waals surface area contributed by atoms with Crippen LogP contribution in [0, 0.1) is 0 Å². The molecular weight excluding hydrogens is 485 g/mol. The number of methoxy groups -OCH3 is 1. The number of imidazole rings is 1. The van der Waals surface area contributed by atoms with Crippen LogP contribution in [0.15, 0.2) is 73.1 Å². The molecule has 2 aromatic carbocycles. The first-order chi connectivity index (χ1) is 17.0. The van der Waals surface area contributed by atoms with Crippen molar-refractivity contribution in [3.05, 3.63) is 94.4 Å². The molecule has 0 radical (unpaired) electrons. The molecule has 8 heteroatoms. The Morgan fingerprint density at radius 3 is 2.14 bits per heavy atom. The van der Waals surface area contributed by atoms with E-state index in [0.29, 0.717) is 50.8 Å². The standard InChI is InChI=1S/C27H17Cl2N3O3/c1-35-27-17(14-33)8-10-23(31-27)22-7-3-6-21(26(22)29)20-5-2-4-19(25(20)28)16-9-11-24-30-18(15-34)13-32(24)12-16/h2-15H,1H3. The van der Waals surface area contributed by atoms with Crippen molar-refractivity contribution in [2.45, 2.75) is 0 Å². The predicted molar refractivity (Wildman–Crippen MR) is 137 cm³/mol. The average Bonchev–Trinajstić information content (AvgIpc) is 3.31. The lowest BCUT2D eigenvalue weighted by Gasteiger charge is -2.14. The molecule has 0 spiro atoms. The van der Waals surface area contributed by atoms with Gasteiger partial charge in [-0.1, -0.05) is 59.6 Å². The van der Waals surface area contributed by atoms with Gasteiger partial charge in [0.2, 0.25) is 5.88 Å². The minimum atomic E-state index is 0.228. The van der Waals surface area contributed by atoms with Crippen molar-refractivity contribution in [1.82, 2.24) is 14.4 Å². The predicted octanol–water partition coefficient (Wildman–Crippen LogP) is 6.67. The van der Waals surface area contributed by atoms with Gasteiger partial charge in [-0.05, 0) is 29.8 Å². The largest absolute Gasteiger partial charge is 0.480 e. The molecule has 172 valence electrons. The number of nitrogens with zero attached hydrogens (tertiary/aromatic N) is 3. The summed E-state index contributed by atoms with van der Waals surface area (Å²) in [6.45, 7) is 0. The average molecular weight is 502 g/mol. The highest BCUT2D eigenvalue weighted by Crippen LogP contribution is 2.42. The van der Waals surface area contributed by atoms with Gasteiger partial charge in [0.25, 0.3) is 0 Å². The van der Waals surface area contributed by atoms with Crippen LogP contribution in [0.3, 0.4) is 0 Å². The van der Waals surface area contributed by atoms with E-state index >= 15 is 0 Å². The summed E-state index contributed by atoms with van der Waals surface area (Å²) in [6.07, 6.45) is 4.95. The third-order valence-electron chi connectivity index (χ3n) is 5.68. The van der Waals surface area contributed by atoms with Gasteiger partial charge in [-0.25, -0.2) is 9.97 Å². The minimum absolute atomic E-state index is 0.228. The normalized spacial score (nSPS) is 10.9. The SMILES string of the molecule is COc1nc(-c2cccc(-c3cccc(-c4ccc5nc(C=O)cn5c4)c3Cl)c2Cl)ccc1C=O. The Morgan fingerprint density at radius 1 is 0.771 bits per heavy atom. The van der Waals surface area contributed by atoms with E-state index in [1.807, 2.05) is 54.7 Å². The van der Waals surface area contributed by atoms with Gasteiger partial charge < -0.3 is 9.14 Å². The molecule has 0 saturated heterocycles. The lowest BCUT2D eigenvalue weighted by molar-refractivity contribution is 0.111. The first-order valence-electron chi connectivity index (χ1n) is 10.6. The number of fused-ring (bicyclic) bond motifs is 1. The maximum absolute atomic E-state index is 11.2. The maximum atomic E-state index is 11.2. The third kappa shape index (κ3) is 4.07. The zero-order valence-corrected chi connectivity index (χ0v) is 19.9. The molecule has 5 rings (SSSR count). The van der Waals surface area contributed by atoms with E-state index in [1.165, 1.54) is 7.11 Å². The van der Waals surface area contributed by atoms with Crippen molar-refractivity contribution < 1.29 is 14.3 Å². The Morgan fingerprint density at radius 2 is 1.46 bits per heavy atom. The van der Waals surface area contributed by atoms with Crippen LogP contribution in [0.2, 0.25) is 10.0 Å². The lowest BCUT2D eigenvalue weighted by Crippen LogP contribution is -1.96. The molecule has 0 amide bonds. The molecule has 3 aromatic heterocycles. The molecule has 6 nitrogen and oxygen atoms in total. The van der Waals surface area contributed by atoms with E-state index < -0.39 is 0 Å². The third-order valence-corrected chi connectivity index (χ3v) is 6.49. The molecule has 0 bridgehead atoms. The van der Waals surface area contributed by atoms with Gasteiger partial charge in [0.05, 0.1) is 28.4 Å². The van der Waals surface area contributed by atoms with Crippen molar-refractivity contribution in [2.75, 3.05) is 7.11 Å². The van der Waals surface area contributed by atoms with Crippen LogP contribution in [-0.2, 0) is 0 Å². The number of ether oxygens (including phenoxy) is 1. The van der Waals surface area contributed by atoms with Crippen LogP contribution >= 0.6 is 23.2 Å². The number of rotatable bonds is 6. The van der Waals surface area contributed by atoms with Gasteiger partial charge >= 0.3 is 0 Å². The Bertz CT molecular complexity index is 1610. The second-order valence-corrected chi connectivity index (χ2v) is 8.47. The summed E-state index contributed by atoms with van der Waals surface area (Å²) in [7, 11) is 1.46. The molecule has 35 heavy (non-hydrogen) atoms. The number of halogens is 2. The summed E-state index contributed by atoms with van der Waals surface area (Å²) in [5.41, 5.74) is 5.81. The van der Waals surface area contributed by atoms with Crippen LogP contribution in [-0.4, -0.2) is 34.1 Å². The smallest absolute Gasteiger partial charge is 0.224 e. The van der Waals surface area contributed by atoms with Gasteiger partial charge in [0.1, 0.15) is 11.3 Å². The number of hydrogen-bond acceptors (Lipinski definition) is 5. The Hall–Kier alpha value is -4.00. The van der Waals surface area contributed by atoms with Crippen molar-refractivity contribution in [1.29, 1.82) is 0 Å². The van der Waals surface area contributed by atoms with E-state index in [-0.39, 0.29) is 5.88 Å². The number of carbonyl (C=O) groups is 2. The molecule has 0 N–H and O–H groups in total. The van der Waals surface area contributed by atoms with Crippen molar-refractivity contribution in [3.63, 3.8) is 0 Å². The number of pyridine rings is 2. The lowest BCUT2D eigenvalue weighted by atomic mass is 9.97. The minimum Gasteiger partial charge on any atom is -0.480 e. The fourth-order valence-electron chi connectivity index (χ4n) is 3.98. The fraction of sp³-hybridized carbons (Fsp3) is 0.0370. The number of benzene rings is 2. The summed E-state index contributed by atoms with van der Waals surface area (Å²) in [6, 6.07) is 18.5. The molecule has 0 aliphatic heterocycles. The van der Waals surface area contributed by atoms with E-state index in [4.69, 9.17) is 27.9 Å². The molecule has 0 atom stereocenters. The fourth-order valence-corrected chi connectivity index (χ4v) is 4.64. The highest BCUT2D eigenvalue weighted by Gasteiger charge is 2.17. The highest BCUT2D eigenvalue weighted by molar-refractivity contribution is 6.39. The molecular formula is C27H17Cl2N3O3. The van der Waals surface area contributed by atoms with Crippen LogP contribution in [0.5, 0.6) is 5.88 Å². The second-order valence-electron chi connectivity index (χ2n) is 7.71. The molecule has 5 aromatic rings. The molecule has 0 aliphatic rings. The zero-order valence-electron chi connectivity index (χ0n) is 18.4. The maximum Gasteiger partial charge on any atom is 0.224 e. The summed E-state index contributed by atoms with van der Waals surface area (Å²) in [4.78, 5) is 31.0. The van der Waals surface area contributed by atoms with Crippen molar-refractivity contribution in [3.8, 4) is 39.4 Å². The zero-order chi connectivity index (χ0) is 24.5. The second kappa shape index (κ2) is 9.33. The van der Waals surface area contributed by atoms with E-state index in [1.54, 1.807) is 22.7 Å². The monoisotopic (exact) mass is 501 g/mol. The first-order valence-corrected chi connectivity index (χ1v) is 11.3. The van der Waals surface area contributed by atoms with Gasteiger partial charge in [-0.3, -0.25) is 9.59 Å². The molecule has 3 heterocycles. The van der Waals surface area contributed by atoms with Crippen LogP contribution in [0.25, 0.3) is 39.2 Å². The van der Waals surface area contributed by atoms with E-state index in [9.17, 15) is 9.59 Å². The number of carbonyl (C=O) groups excluding carboxylic acids is 2. The van der Waals surface area contributed by atoms with Gasteiger partial charge in [0.15, 0.2) is 12.6 Å². The highest BCUT2D eigenvalue weighted by atomic mass is 35.5. The first kappa shape index (κ1) is 22.8. The Labute approximate surface area is 210 Å². The molecule has 0 unspecified atom stereocenters. The number of aromatic nitrogens is 3. The van der Waals surface area contributed by atoms with Gasteiger partial charge in [-0.15, -0.1) is 0 Å². The Balaban J connectivity index is 1.61. The van der Waals surface area contributed by atoms with Gasteiger partial charge in [0, 0.05) is 34.6 Å². The molecule has 0 aliphatic carbocycles. The molecule has 0 saturated carbocycles. The van der Waals surface area contributed by atoms with Crippen molar-refractivity contribution >= 4 is 41.4 Å². The summed E-state index contributed by atoms with van der Waals surface area (Å²) in [5, 5.41) is 1.00. The van der Waals surface area contributed by atoms with E-state index in [2.05, 4.69) is 9.97 Å². The number of hydrogen-bond donors (Lipinski definition) is 0. The number of aldehydes is 2. The van der Waals surface area contributed by atoms with Crippen LogP contribution in [0.4, 0.5) is 0 Å². The van der Waals surface area contributed by atoms with Crippen molar-refractivity contribution in [2.24, 2.45) is 0 Å². The van der Waals surface area contributed by atoms with E-state index in [0.717, 1.165) is 22.3 Å². The summed E-state index contributed by atoms with van der Waals surface area (Å²) >= 11 is 13.8. The summed E-state index contributed by atoms with van der Waals surface area (Å²) < 4.78 is 7.03. The molecule has 0 fully saturated rings.